The van der Waals surface area contributed by atoms with Gasteiger partial charge in [-0.3, -0.25) is 0 Å². The minimum absolute atomic E-state index is 0.112. The van der Waals surface area contributed by atoms with Crippen LogP contribution >= 0.6 is 15.9 Å². The van der Waals surface area contributed by atoms with Crippen LogP contribution in [0.2, 0.25) is 0 Å². The lowest BCUT2D eigenvalue weighted by Gasteiger charge is -2.08. The van der Waals surface area contributed by atoms with Crippen LogP contribution in [0.1, 0.15) is 11.1 Å². The van der Waals surface area contributed by atoms with Gasteiger partial charge < -0.3 is 10.5 Å². The van der Waals surface area contributed by atoms with Gasteiger partial charge in [-0.15, -0.1) is 0 Å². The summed E-state index contributed by atoms with van der Waals surface area (Å²) in [5.41, 5.74) is 7.44. The maximum Gasteiger partial charge on any atom is 0.166 e. The summed E-state index contributed by atoms with van der Waals surface area (Å²) in [4.78, 5) is 0. The Bertz CT molecular complexity index is 652. The van der Waals surface area contributed by atoms with Crippen molar-refractivity contribution in [3.05, 3.63) is 57.8 Å². The molecule has 0 unspecified atom stereocenters. The summed E-state index contributed by atoms with van der Waals surface area (Å²) in [5, 5.41) is 8.64. The van der Waals surface area contributed by atoms with E-state index in [-0.39, 0.29) is 17.9 Å². The molecule has 0 bridgehead atoms. The number of anilines is 1. The zero-order valence-electron chi connectivity index (χ0n) is 9.86. The number of nitrogen functional groups attached to an aromatic ring is 1. The highest BCUT2D eigenvalue weighted by Crippen LogP contribution is 2.23. The predicted octanol–water partition coefficient (Wildman–Crippen LogP) is 3.62. The summed E-state index contributed by atoms with van der Waals surface area (Å²) >= 11 is 3.30. The quantitative estimate of drug-likeness (QED) is 0.879. The van der Waals surface area contributed by atoms with Gasteiger partial charge >= 0.3 is 0 Å². The summed E-state index contributed by atoms with van der Waals surface area (Å²) in [7, 11) is 0. The molecule has 2 N–H and O–H groups in total. The zero-order valence-corrected chi connectivity index (χ0v) is 11.4. The Labute approximate surface area is 118 Å². The first-order chi connectivity index (χ1) is 9.10. The third kappa shape index (κ3) is 3.24. The molecular formula is C14H10BrFN2O. The number of ether oxygens (including phenoxy) is 1. The van der Waals surface area contributed by atoms with E-state index in [4.69, 9.17) is 15.7 Å². The highest BCUT2D eigenvalue weighted by molar-refractivity contribution is 9.10. The molecule has 0 amide bonds. The summed E-state index contributed by atoms with van der Waals surface area (Å²) in [6, 6.07) is 11.4. The average Bonchev–Trinajstić information content (AvgIpc) is 2.41. The van der Waals surface area contributed by atoms with E-state index in [1.165, 1.54) is 12.1 Å². The van der Waals surface area contributed by atoms with Crippen LogP contribution in [-0.4, -0.2) is 0 Å². The van der Waals surface area contributed by atoms with Gasteiger partial charge in [0, 0.05) is 10.2 Å². The van der Waals surface area contributed by atoms with Crippen molar-refractivity contribution < 1.29 is 9.13 Å². The van der Waals surface area contributed by atoms with Crippen molar-refractivity contribution in [2.24, 2.45) is 0 Å². The summed E-state index contributed by atoms with van der Waals surface area (Å²) in [6.07, 6.45) is 0. The molecule has 0 aliphatic rings. The van der Waals surface area contributed by atoms with E-state index in [1.54, 1.807) is 6.07 Å². The molecule has 2 aromatic rings. The van der Waals surface area contributed by atoms with Gasteiger partial charge in [0.2, 0.25) is 0 Å². The number of hydrogen-bond donors (Lipinski definition) is 1. The topological polar surface area (TPSA) is 59.0 Å². The Morgan fingerprint density at radius 1 is 1.26 bits per heavy atom. The molecule has 0 saturated heterocycles. The molecule has 0 atom stereocenters. The standard InChI is InChI=1S/C14H10BrFN2O/c15-11-3-1-10(6-13(11)18)8-19-14-4-2-9(7-17)5-12(14)16/h1-6H,8,18H2. The van der Waals surface area contributed by atoms with Gasteiger partial charge in [0.1, 0.15) is 6.61 Å². The van der Waals surface area contributed by atoms with Crippen LogP contribution in [0.5, 0.6) is 5.75 Å². The van der Waals surface area contributed by atoms with Crippen LogP contribution in [0.4, 0.5) is 10.1 Å². The van der Waals surface area contributed by atoms with Gasteiger partial charge in [-0.1, -0.05) is 6.07 Å². The average molecular weight is 321 g/mol. The van der Waals surface area contributed by atoms with Gasteiger partial charge in [0.05, 0.1) is 11.6 Å². The minimum Gasteiger partial charge on any atom is -0.486 e. The smallest absolute Gasteiger partial charge is 0.166 e. The van der Waals surface area contributed by atoms with Crippen LogP contribution in [-0.2, 0) is 6.61 Å². The van der Waals surface area contributed by atoms with Crippen LogP contribution in [0, 0.1) is 17.1 Å². The minimum atomic E-state index is -0.552. The lowest BCUT2D eigenvalue weighted by molar-refractivity contribution is 0.290. The fraction of sp³-hybridized carbons (Fsp3) is 0.0714. The Balaban J connectivity index is 2.10. The fourth-order valence-electron chi connectivity index (χ4n) is 1.53. The molecule has 0 spiro atoms. The van der Waals surface area contributed by atoms with Gasteiger partial charge in [0.25, 0.3) is 0 Å². The second-order valence-electron chi connectivity index (χ2n) is 3.90. The number of halogens is 2. The molecule has 2 aromatic carbocycles. The lowest BCUT2D eigenvalue weighted by atomic mass is 10.2. The monoisotopic (exact) mass is 320 g/mol. The molecule has 0 heterocycles. The first-order valence-corrected chi connectivity index (χ1v) is 6.26. The third-order valence-electron chi connectivity index (χ3n) is 2.52. The Morgan fingerprint density at radius 3 is 2.68 bits per heavy atom. The van der Waals surface area contributed by atoms with E-state index in [9.17, 15) is 4.39 Å². The van der Waals surface area contributed by atoms with E-state index < -0.39 is 5.82 Å². The highest BCUT2D eigenvalue weighted by atomic mass is 79.9. The summed E-state index contributed by atoms with van der Waals surface area (Å²) in [5.74, 6) is -0.440. The number of nitrogens with two attached hydrogens (primary N) is 1. The first-order valence-electron chi connectivity index (χ1n) is 5.46. The molecule has 3 nitrogen and oxygen atoms in total. The summed E-state index contributed by atoms with van der Waals surface area (Å²) < 4.78 is 19.7. The Hall–Kier alpha value is -2.06. The zero-order chi connectivity index (χ0) is 13.8. The molecule has 0 saturated carbocycles. The van der Waals surface area contributed by atoms with Crippen molar-refractivity contribution in [2.45, 2.75) is 6.61 Å². The largest absolute Gasteiger partial charge is 0.486 e. The molecule has 96 valence electrons. The molecule has 0 fully saturated rings. The van der Waals surface area contributed by atoms with E-state index in [2.05, 4.69) is 15.9 Å². The molecule has 0 aromatic heterocycles. The molecule has 5 heteroatoms. The molecule has 2 rings (SSSR count). The van der Waals surface area contributed by atoms with Crippen LogP contribution in [0.25, 0.3) is 0 Å². The number of rotatable bonds is 3. The number of nitriles is 1. The van der Waals surface area contributed by atoms with Crippen LogP contribution < -0.4 is 10.5 Å². The molecule has 0 radical (unpaired) electrons. The van der Waals surface area contributed by atoms with Gasteiger partial charge in [-0.05, 0) is 51.8 Å². The molecule has 19 heavy (non-hydrogen) atoms. The fourth-order valence-corrected chi connectivity index (χ4v) is 1.78. The van der Waals surface area contributed by atoms with Crippen molar-refractivity contribution in [3.63, 3.8) is 0 Å². The predicted molar refractivity (Wildman–Crippen MR) is 74.0 cm³/mol. The van der Waals surface area contributed by atoms with Crippen LogP contribution in [0.3, 0.4) is 0 Å². The Kier molecular flexibility index (Phi) is 4.03. The number of nitrogens with zero attached hydrogens (tertiary/aromatic N) is 1. The maximum absolute atomic E-state index is 13.6. The second-order valence-corrected chi connectivity index (χ2v) is 4.76. The van der Waals surface area contributed by atoms with Crippen LogP contribution in [0.15, 0.2) is 40.9 Å². The normalized spacial score (nSPS) is 9.95. The maximum atomic E-state index is 13.6. The first kappa shape index (κ1) is 13.4. The van der Waals surface area contributed by atoms with Crippen molar-refractivity contribution >= 4 is 21.6 Å². The number of benzene rings is 2. The molecule has 0 aliphatic heterocycles. The van der Waals surface area contributed by atoms with Gasteiger partial charge in [-0.25, -0.2) is 4.39 Å². The van der Waals surface area contributed by atoms with Gasteiger partial charge in [-0.2, -0.15) is 5.26 Å². The molecular weight excluding hydrogens is 311 g/mol. The van der Waals surface area contributed by atoms with E-state index in [0.717, 1.165) is 16.1 Å². The Morgan fingerprint density at radius 2 is 2.05 bits per heavy atom. The number of hydrogen-bond acceptors (Lipinski definition) is 3. The summed E-state index contributed by atoms with van der Waals surface area (Å²) in [6.45, 7) is 0.209. The lowest BCUT2D eigenvalue weighted by Crippen LogP contribution is -1.99. The molecule has 0 aliphatic carbocycles. The van der Waals surface area contributed by atoms with Crippen molar-refractivity contribution in [1.82, 2.24) is 0 Å². The van der Waals surface area contributed by atoms with E-state index >= 15 is 0 Å². The van der Waals surface area contributed by atoms with E-state index in [0.29, 0.717) is 5.69 Å². The van der Waals surface area contributed by atoms with Crippen molar-refractivity contribution in [3.8, 4) is 11.8 Å². The second kappa shape index (κ2) is 5.72. The van der Waals surface area contributed by atoms with Gasteiger partial charge in [0.15, 0.2) is 11.6 Å². The SMILES string of the molecule is N#Cc1ccc(OCc2ccc(Br)c(N)c2)c(F)c1. The van der Waals surface area contributed by atoms with Crippen molar-refractivity contribution in [2.75, 3.05) is 5.73 Å². The van der Waals surface area contributed by atoms with E-state index in [1.807, 2.05) is 18.2 Å². The third-order valence-corrected chi connectivity index (χ3v) is 3.24. The highest BCUT2D eigenvalue weighted by Gasteiger charge is 2.05. The van der Waals surface area contributed by atoms with Crippen molar-refractivity contribution in [1.29, 1.82) is 5.26 Å².